The fraction of sp³-hybridized carbons (Fsp3) is 0.367. The Kier molecular flexibility index (Phi) is 7.31. The lowest BCUT2D eigenvalue weighted by atomic mass is 9.93. The third-order valence-electron chi connectivity index (χ3n) is 8.15. The molecule has 0 aliphatic carbocycles. The van der Waals surface area contributed by atoms with Crippen LogP contribution in [0.25, 0.3) is 0 Å². The predicted octanol–water partition coefficient (Wildman–Crippen LogP) is 3.97. The molecule has 0 bridgehead atoms. The Morgan fingerprint density at radius 2 is 1.79 bits per heavy atom. The number of carbonyl (C=O) groups is 2. The molecule has 5 heterocycles. The zero-order valence-electron chi connectivity index (χ0n) is 22.9. The van der Waals surface area contributed by atoms with Crippen molar-refractivity contribution in [1.29, 1.82) is 0 Å². The van der Waals surface area contributed by atoms with Gasteiger partial charge in [-0.3, -0.25) is 19.3 Å². The molecule has 3 aromatic rings. The van der Waals surface area contributed by atoms with Crippen molar-refractivity contribution in [2.45, 2.75) is 41.8 Å². The Bertz CT molecular complexity index is 1660. The molecule has 13 heteroatoms. The molecule has 4 aliphatic heterocycles. The van der Waals surface area contributed by atoms with Crippen LogP contribution >= 0.6 is 11.8 Å². The van der Waals surface area contributed by atoms with Gasteiger partial charge in [0.2, 0.25) is 11.2 Å². The first kappa shape index (κ1) is 27.9. The highest BCUT2D eigenvalue weighted by Gasteiger charge is 2.46. The molecule has 1 aromatic heterocycles. The number of fused-ring (bicyclic) bond motifs is 4. The van der Waals surface area contributed by atoms with Crippen LogP contribution in [0.15, 0.2) is 58.4 Å². The molecule has 43 heavy (non-hydrogen) atoms. The first-order valence-corrected chi connectivity index (χ1v) is 15.0. The van der Waals surface area contributed by atoms with E-state index in [-0.39, 0.29) is 36.8 Å². The van der Waals surface area contributed by atoms with Gasteiger partial charge in [0.15, 0.2) is 17.3 Å². The van der Waals surface area contributed by atoms with Gasteiger partial charge in [0.1, 0.15) is 12.3 Å². The van der Waals surface area contributed by atoms with Crippen LogP contribution in [0.2, 0.25) is 0 Å². The highest BCUT2D eigenvalue weighted by Crippen LogP contribution is 2.45. The van der Waals surface area contributed by atoms with Crippen LogP contribution in [0.4, 0.5) is 13.6 Å². The topological polar surface area (TPSA) is 99.5 Å². The summed E-state index contributed by atoms with van der Waals surface area (Å²) >= 11 is 1.39. The monoisotopic (exact) mass is 611 g/mol. The predicted molar refractivity (Wildman–Crippen MR) is 150 cm³/mol. The van der Waals surface area contributed by atoms with E-state index in [9.17, 15) is 18.8 Å². The van der Waals surface area contributed by atoms with Gasteiger partial charge in [0.25, 0.3) is 5.91 Å². The van der Waals surface area contributed by atoms with Crippen molar-refractivity contribution in [2.75, 3.05) is 38.0 Å². The van der Waals surface area contributed by atoms with Crippen LogP contribution in [0.3, 0.4) is 0 Å². The summed E-state index contributed by atoms with van der Waals surface area (Å²) in [6, 6.07) is 10.6. The van der Waals surface area contributed by atoms with Gasteiger partial charge in [-0.2, -0.15) is 0 Å². The Morgan fingerprint density at radius 1 is 0.977 bits per heavy atom. The van der Waals surface area contributed by atoms with Crippen LogP contribution in [0.5, 0.6) is 5.75 Å². The Balaban J connectivity index is 1.40. The van der Waals surface area contributed by atoms with E-state index < -0.39 is 53.2 Å². The number of ether oxygens (including phenoxy) is 4. The van der Waals surface area contributed by atoms with E-state index in [1.165, 1.54) is 28.7 Å². The van der Waals surface area contributed by atoms with Crippen LogP contribution in [-0.4, -0.2) is 66.9 Å². The number of pyridine rings is 1. The van der Waals surface area contributed by atoms with Crippen molar-refractivity contribution >= 4 is 23.8 Å². The summed E-state index contributed by atoms with van der Waals surface area (Å²) in [5, 5.41) is 1.81. The molecule has 7 rings (SSSR count). The van der Waals surface area contributed by atoms with E-state index >= 15 is 4.39 Å². The largest absolute Gasteiger partial charge is 0.514 e. The first-order valence-electron chi connectivity index (χ1n) is 14.0. The van der Waals surface area contributed by atoms with Gasteiger partial charge in [0.05, 0.1) is 32.5 Å². The molecule has 0 spiro atoms. The second-order valence-corrected chi connectivity index (χ2v) is 11.6. The number of hydrogen-bond donors (Lipinski definition) is 0. The van der Waals surface area contributed by atoms with Crippen molar-refractivity contribution in [3.05, 3.63) is 92.9 Å². The molecule has 10 nitrogen and oxygen atoms in total. The number of aromatic nitrogens is 1. The quantitative estimate of drug-likeness (QED) is 0.408. The van der Waals surface area contributed by atoms with Gasteiger partial charge in [-0.15, -0.1) is 11.8 Å². The number of hydrogen-bond acceptors (Lipinski definition) is 9. The number of amides is 1. The number of carbonyl (C=O) groups excluding carboxylic acids is 2. The van der Waals surface area contributed by atoms with Gasteiger partial charge in [-0.25, -0.2) is 13.6 Å². The first-order chi connectivity index (χ1) is 20.9. The summed E-state index contributed by atoms with van der Waals surface area (Å²) in [6.45, 7) is 1.43. The number of thioether (sulfide) groups is 1. The standard InChI is InChI=1S/C30H27F2N3O7S/c31-21-6-5-18-20(25(21)32)16-43-23-4-2-1-3-19(23)26(18)35-24-15-40-14-11-33(24)29(37)27-28(22(36)7-10-34(27)35)42-30(38)41-17-8-12-39-13-9-17/h1-7,10,17,24,26H,8-9,11-16H2/t24-,26+/m1/s1. The fourth-order valence-electron chi connectivity index (χ4n) is 6.11. The third-order valence-corrected chi connectivity index (χ3v) is 9.27. The molecule has 224 valence electrons. The van der Waals surface area contributed by atoms with Gasteiger partial charge < -0.3 is 23.8 Å². The van der Waals surface area contributed by atoms with Crippen molar-refractivity contribution in [3.8, 4) is 5.75 Å². The van der Waals surface area contributed by atoms with E-state index in [0.29, 0.717) is 31.6 Å². The SMILES string of the molecule is O=C(Oc1c2n(ccc1=O)N([C@@H]1c3ccccc3SCc3c1ccc(F)c3F)[C@@H]1COCCN1C2=O)OC1CCOCC1. The van der Waals surface area contributed by atoms with Crippen LogP contribution in [0.1, 0.15) is 46.1 Å². The number of halogens is 2. The van der Waals surface area contributed by atoms with Gasteiger partial charge in [-0.1, -0.05) is 24.3 Å². The summed E-state index contributed by atoms with van der Waals surface area (Å²) in [5.41, 5.74) is 0.643. The number of benzene rings is 2. The Hall–Kier alpha value is -3.94. The van der Waals surface area contributed by atoms with E-state index in [1.54, 1.807) is 11.0 Å². The maximum atomic E-state index is 15.3. The molecule has 0 N–H and O–H groups in total. The Labute approximate surface area is 249 Å². The van der Waals surface area contributed by atoms with Crippen molar-refractivity contribution in [3.63, 3.8) is 0 Å². The molecule has 2 aromatic carbocycles. The Morgan fingerprint density at radius 3 is 2.63 bits per heavy atom. The minimum absolute atomic E-state index is 0.115. The molecule has 0 radical (unpaired) electrons. The minimum Gasteiger partial charge on any atom is -0.430 e. The molecule has 0 unspecified atom stereocenters. The lowest BCUT2D eigenvalue weighted by molar-refractivity contribution is -0.0210. The molecular weight excluding hydrogens is 584 g/mol. The average Bonchev–Trinajstić information content (AvgIpc) is 3.18. The average molecular weight is 612 g/mol. The highest BCUT2D eigenvalue weighted by atomic mass is 32.2. The third kappa shape index (κ3) is 4.85. The van der Waals surface area contributed by atoms with Gasteiger partial charge in [0, 0.05) is 47.9 Å². The second kappa shape index (κ2) is 11.3. The summed E-state index contributed by atoms with van der Waals surface area (Å²) in [4.78, 5) is 42.4. The van der Waals surface area contributed by atoms with Crippen LogP contribution in [0, 0.1) is 11.6 Å². The molecule has 2 fully saturated rings. The second-order valence-electron chi connectivity index (χ2n) is 10.6. The smallest absolute Gasteiger partial charge is 0.430 e. The number of morpholine rings is 1. The summed E-state index contributed by atoms with van der Waals surface area (Å²) in [6.07, 6.45) is 0.183. The molecular formula is C30H27F2N3O7S. The van der Waals surface area contributed by atoms with E-state index in [4.69, 9.17) is 18.9 Å². The number of rotatable bonds is 3. The van der Waals surface area contributed by atoms with Gasteiger partial charge >= 0.3 is 6.16 Å². The fourth-order valence-corrected chi connectivity index (χ4v) is 7.22. The van der Waals surface area contributed by atoms with Crippen molar-refractivity contribution < 1.29 is 37.3 Å². The highest BCUT2D eigenvalue weighted by molar-refractivity contribution is 7.98. The van der Waals surface area contributed by atoms with Crippen molar-refractivity contribution in [1.82, 2.24) is 9.58 Å². The minimum atomic E-state index is -1.10. The zero-order valence-corrected chi connectivity index (χ0v) is 23.7. The van der Waals surface area contributed by atoms with Crippen LogP contribution < -0.4 is 15.2 Å². The zero-order chi connectivity index (χ0) is 29.7. The molecule has 2 saturated heterocycles. The van der Waals surface area contributed by atoms with E-state index in [0.717, 1.165) is 16.5 Å². The summed E-state index contributed by atoms with van der Waals surface area (Å²) in [7, 11) is 0. The lowest BCUT2D eigenvalue weighted by Gasteiger charge is -2.51. The van der Waals surface area contributed by atoms with E-state index in [1.807, 2.05) is 29.3 Å². The maximum Gasteiger partial charge on any atom is 0.514 e. The molecule has 4 aliphatic rings. The van der Waals surface area contributed by atoms with Gasteiger partial charge in [-0.05, 0) is 23.3 Å². The summed E-state index contributed by atoms with van der Waals surface area (Å²) < 4.78 is 53.3. The van der Waals surface area contributed by atoms with Crippen LogP contribution in [-0.2, 0) is 20.0 Å². The number of nitrogens with zero attached hydrogens (tertiary/aromatic N) is 3. The molecule has 1 amide bonds. The molecule has 2 atom stereocenters. The lowest BCUT2D eigenvalue weighted by Crippen LogP contribution is -2.66. The van der Waals surface area contributed by atoms with E-state index in [2.05, 4.69) is 0 Å². The summed E-state index contributed by atoms with van der Waals surface area (Å²) in [5.74, 6) is -2.71. The van der Waals surface area contributed by atoms with Crippen molar-refractivity contribution in [2.24, 2.45) is 0 Å². The maximum absolute atomic E-state index is 15.3. The molecule has 0 saturated carbocycles. The normalized spacial score (nSPS) is 21.7.